The van der Waals surface area contributed by atoms with Crippen LogP contribution in [-0.4, -0.2) is 35.0 Å². The Kier molecular flexibility index (Phi) is 10.2. The van der Waals surface area contributed by atoms with Gasteiger partial charge in [0.05, 0.1) is 4.90 Å². The largest absolute Gasteiger partial charge is 0.356 e. The lowest BCUT2D eigenvalue weighted by molar-refractivity contribution is 0.235. The molecule has 0 amide bonds. The van der Waals surface area contributed by atoms with Gasteiger partial charge in [0.15, 0.2) is 5.96 Å². The van der Waals surface area contributed by atoms with Crippen molar-refractivity contribution in [2.45, 2.75) is 57.4 Å². The van der Waals surface area contributed by atoms with E-state index in [1.165, 1.54) is 39.2 Å². The van der Waals surface area contributed by atoms with E-state index in [1.807, 2.05) is 12.1 Å². The van der Waals surface area contributed by atoms with Crippen LogP contribution in [0.1, 0.15) is 51.5 Å². The van der Waals surface area contributed by atoms with Crippen molar-refractivity contribution in [2.24, 2.45) is 16.3 Å². The van der Waals surface area contributed by atoms with Gasteiger partial charge in [-0.15, -0.1) is 24.0 Å². The first-order chi connectivity index (χ1) is 12.8. The van der Waals surface area contributed by atoms with Gasteiger partial charge in [0.25, 0.3) is 0 Å². The highest BCUT2D eigenvalue weighted by atomic mass is 127. The first-order valence-corrected chi connectivity index (χ1v) is 11.3. The normalized spacial score (nSPS) is 16.7. The van der Waals surface area contributed by atoms with Gasteiger partial charge in [0, 0.05) is 20.1 Å². The topological polar surface area (TPSA) is 82.6 Å². The average molecular weight is 522 g/mol. The molecule has 8 heteroatoms. The van der Waals surface area contributed by atoms with Crippen molar-refractivity contribution in [2.75, 3.05) is 20.6 Å². The predicted octanol–water partition coefficient (Wildman–Crippen LogP) is 3.48. The van der Waals surface area contributed by atoms with Gasteiger partial charge < -0.3 is 10.6 Å². The third-order valence-electron chi connectivity index (χ3n) is 5.32. The Morgan fingerprint density at radius 3 is 2.25 bits per heavy atom. The molecule has 1 aliphatic carbocycles. The van der Waals surface area contributed by atoms with Crippen LogP contribution in [0.3, 0.4) is 0 Å². The Balaban J connectivity index is 0.00000392. The molecule has 0 bridgehead atoms. The predicted molar refractivity (Wildman–Crippen MR) is 127 cm³/mol. The smallest absolute Gasteiger partial charge is 0.240 e. The highest BCUT2D eigenvalue weighted by Gasteiger charge is 2.34. The van der Waals surface area contributed by atoms with Gasteiger partial charge in [0.1, 0.15) is 0 Å². The van der Waals surface area contributed by atoms with Gasteiger partial charge in [-0.3, -0.25) is 4.99 Å². The molecule has 2 rings (SSSR count). The number of sulfonamides is 1. The summed E-state index contributed by atoms with van der Waals surface area (Å²) < 4.78 is 25.9. The fourth-order valence-electron chi connectivity index (χ4n) is 4.03. The lowest BCUT2D eigenvalue weighted by atomic mass is 9.78. The van der Waals surface area contributed by atoms with E-state index in [2.05, 4.69) is 34.2 Å². The molecule has 28 heavy (non-hydrogen) atoms. The van der Waals surface area contributed by atoms with Crippen LogP contribution < -0.4 is 15.4 Å². The second-order valence-electron chi connectivity index (χ2n) is 7.94. The van der Waals surface area contributed by atoms with Crippen LogP contribution in [0, 0.1) is 11.3 Å². The first-order valence-electron chi connectivity index (χ1n) is 9.77. The summed E-state index contributed by atoms with van der Waals surface area (Å²) in [5, 5.41) is 6.83. The van der Waals surface area contributed by atoms with E-state index in [0.717, 1.165) is 18.1 Å². The van der Waals surface area contributed by atoms with Gasteiger partial charge in [-0.1, -0.05) is 38.8 Å². The van der Waals surface area contributed by atoms with Crippen molar-refractivity contribution in [3.05, 3.63) is 29.8 Å². The number of hydrogen-bond acceptors (Lipinski definition) is 3. The van der Waals surface area contributed by atoms with Gasteiger partial charge >= 0.3 is 0 Å². The molecule has 0 aliphatic heterocycles. The molecule has 0 saturated heterocycles. The highest BCUT2D eigenvalue weighted by molar-refractivity contribution is 14.0. The summed E-state index contributed by atoms with van der Waals surface area (Å²) in [5.41, 5.74) is 1.39. The molecule has 3 N–H and O–H groups in total. The Hall–Kier alpha value is -0.870. The summed E-state index contributed by atoms with van der Waals surface area (Å²) in [6.45, 7) is 6.14. The summed E-state index contributed by atoms with van der Waals surface area (Å²) in [7, 11) is -0.199. The standard InChI is InChI=1S/C20H34N4O2S.HI/c1-16(2)13-20(11-5-6-12-20)15-24-19(21-3)23-14-17-7-9-18(10-8-17)27(25,26)22-4;/h7-10,16,22H,5-6,11-15H2,1-4H3,(H2,21,23,24);1H. The number of nitrogens with one attached hydrogen (secondary N) is 3. The zero-order chi connectivity index (χ0) is 19.9. The number of benzene rings is 1. The zero-order valence-corrected chi connectivity index (χ0v) is 20.6. The molecule has 1 fully saturated rings. The van der Waals surface area contributed by atoms with E-state index in [0.29, 0.717) is 17.9 Å². The lowest BCUT2D eigenvalue weighted by Gasteiger charge is -2.32. The Morgan fingerprint density at radius 1 is 1.14 bits per heavy atom. The molecule has 0 heterocycles. The zero-order valence-electron chi connectivity index (χ0n) is 17.4. The monoisotopic (exact) mass is 522 g/mol. The first kappa shape index (κ1) is 25.2. The average Bonchev–Trinajstić information content (AvgIpc) is 3.10. The molecule has 1 aliphatic rings. The number of halogens is 1. The summed E-state index contributed by atoms with van der Waals surface area (Å²) in [5.74, 6) is 1.49. The van der Waals surface area contributed by atoms with Crippen molar-refractivity contribution < 1.29 is 8.42 Å². The molecule has 0 radical (unpaired) electrons. The molecular weight excluding hydrogens is 487 g/mol. The van der Waals surface area contributed by atoms with Crippen molar-refractivity contribution in [1.29, 1.82) is 0 Å². The molecule has 0 aromatic heterocycles. The highest BCUT2D eigenvalue weighted by Crippen LogP contribution is 2.42. The molecule has 1 aromatic rings. The Bertz CT molecular complexity index is 727. The lowest BCUT2D eigenvalue weighted by Crippen LogP contribution is -2.43. The minimum Gasteiger partial charge on any atom is -0.356 e. The van der Waals surface area contributed by atoms with Crippen LogP contribution in [0.25, 0.3) is 0 Å². The van der Waals surface area contributed by atoms with E-state index in [-0.39, 0.29) is 28.9 Å². The fourth-order valence-corrected chi connectivity index (χ4v) is 4.76. The quantitative estimate of drug-likeness (QED) is 0.278. The molecule has 0 unspecified atom stereocenters. The van der Waals surface area contributed by atoms with Crippen LogP contribution in [0.2, 0.25) is 0 Å². The second kappa shape index (κ2) is 11.3. The van der Waals surface area contributed by atoms with Crippen LogP contribution in [0.4, 0.5) is 0 Å². The third-order valence-corrected chi connectivity index (χ3v) is 6.75. The third kappa shape index (κ3) is 7.18. The molecule has 160 valence electrons. The molecule has 1 aromatic carbocycles. The summed E-state index contributed by atoms with van der Waals surface area (Å²) in [6.07, 6.45) is 6.47. The number of rotatable bonds is 8. The van der Waals surface area contributed by atoms with Gasteiger partial charge in [-0.25, -0.2) is 13.1 Å². The minimum atomic E-state index is -3.39. The number of guanidine groups is 1. The van der Waals surface area contributed by atoms with Crippen molar-refractivity contribution in [3.63, 3.8) is 0 Å². The minimum absolute atomic E-state index is 0. The fraction of sp³-hybridized carbons (Fsp3) is 0.650. The van der Waals surface area contributed by atoms with E-state index in [9.17, 15) is 8.42 Å². The van der Waals surface area contributed by atoms with Gasteiger partial charge in [-0.2, -0.15) is 0 Å². The van der Waals surface area contributed by atoms with Crippen LogP contribution in [-0.2, 0) is 16.6 Å². The van der Waals surface area contributed by atoms with Crippen molar-refractivity contribution in [3.8, 4) is 0 Å². The molecule has 0 atom stereocenters. The van der Waals surface area contributed by atoms with E-state index in [1.54, 1.807) is 19.2 Å². The van der Waals surface area contributed by atoms with E-state index < -0.39 is 10.0 Å². The van der Waals surface area contributed by atoms with E-state index in [4.69, 9.17) is 0 Å². The molecular formula is C20H35IN4O2S. The van der Waals surface area contributed by atoms with Gasteiger partial charge in [-0.05, 0) is 55.3 Å². The number of aliphatic imine (C=N–C) groups is 1. The molecule has 6 nitrogen and oxygen atoms in total. The summed E-state index contributed by atoms with van der Waals surface area (Å²) >= 11 is 0. The second-order valence-corrected chi connectivity index (χ2v) is 9.82. The SMILES string of the molecule is CN=C(NCc1ccc(S(=O)(=O)NC)cc1)NCC1(CC(C)C)CCCC1.I. The Morgan fingerprint density at radius 2 is 1.75 bits per heavy atom. The number of hydrogen-bond donors (Lipinski definition) is 3. The maximum atomic E-state index is 11.8. The molecule has 1 saturated carbocycles. The maximum Gasteiger partial charge on any atom is 0.240 e. The number of nitrogens with zero attached hydrogens (tertiary/aromatic N) is 1. The van der Waals surface area contributed by atoms with Crippen molar-refractivity contribution >= 4 is 40.0 Å². The van der Waals surface area contributed by atoms with Crippen LogP contribution in [0.5, 0.6) is 0 Å². The Labute approximate surface area is 187 Å². The summed E-state index contributed by atoms with van der Waals surface area (Å²) in [6, 6.07) is 6.88. The maximum absolute atomic E-state index is 11.8. The van der Waals surface area contributed by atoms with Gasteiger partial charge in [0.2, 0.25) is 10.0 Å². The van der Waals surface area contributed by atoms with Crippen LogP contribution >= 0.6 is 24.0 Å². The summed E-state index contributed by atoms with van der Waals surface area (Å²) in [4.78, 5) is 4.60. The molecule has 0 spiro atoms. The van der Waals surface area contributed by atoms with Crippen molar-refractivity contribution in [1.82, 2.24) is 15.4 Å². The van der Waals surface area contributed by atoms with Crippen LogP contribution in [0.15, 0.2) is 34.2 Å². The van der Waals surface area contributed by atoms with E-state index >= 15 is 0 Å².